The molecule has 1 atom stereocenters. The van der Waals surface area contributed by atoms with Gasteiger partial charge in [0.1, 0.15) is 0 Å². The first-order valence-corrected chi connectivity index (χ1v) is 9.19. The van der Waals surface area contributed by atoms with Crippen LogP contribution in [0.2, 0.25) is 0 Å². The topological polar surface area (TPSA) is 43.8 Å². The Morgan fingerprint density at radius 2 is 2.21 bits per heavy atom. The van der Waals surface area contributed by atoms with Crippen LogP contribution in [0.3, 0.4) is 0 Å². The van der Waals surface area contributed by atoms with E-state index in [-0.39, 0.29) is 5.60 Å². The molecule has 1 aromatic rings. The lowest BCUT2D eigenvalue weighted by Gasteiger charge is -2.42. The maximum absolute atomic E-state index is 6.25. The summed E-state index contributed by atoms with van der Waals surface area (Å²) in [6.07, 6.45) is 6.33. The fourth-order valence-corrected chi connectivity index (χ4v) is 4.17. The molecule has 134 valence electrons. The van der Waals surface area contributed by atoms with Crippen LogP contribution in [0.5, 0.6) is 5.88 Å². The van der Waals surface area contributed by atoms with Gasteiger partial charge in [-0.15, -0.1) is 0 Å². The normalized spacial score (nSPS) is 23.7. The van der Waals surface area contributed by atoms with Gasteiger partial charge in [0.2, 0.25) is 5.88 Å². The van der Waals surface area contributed by atoms with E-state index in [2.05, 4.69) is 22.9 Å². The molecule has 2 fully saturated rings. The molecule has 5 heteroatoms. The summed E-state index contributed by atoms with van der Waals surface area (Å²) in [5.41, 5.74) is 1.25. The standard InChI is InChI=1S/C19H30N2O3/c1-3-23-13-6-17-7-14-24-19(17)8-11-21(12-9-19)15-16-5-4-10-20-18(16)22-2/h4-5,10,17H,3,6-9,11-15H2,1-2H3/t17-/m0/s1. The van der Waals surface area contributed by atoms with E-state index in [0.29, 0.717) is 5.92 Å². The third-order valence-corrected chi connectivity index (χ3v) is 5.55. The molecular weight excluding hydrogens is 304 g/mol. The predicted molar refractivity (Wildman–Crippen MR) is 93.2 cm³/mol. The Labute approximate surface area is 145 Å². The van der Waals surface area contributed by atoms with Gasteiger partial charge in [-0.05, 0) is 44.6 Å². The van der Waals surface area contributed by atoms with Crippen LogP contribution in [-0.4, -0.2) is 55.5 Å². The van der Waals surface area contributed by atoms with Crippen molar-refractivity contribution in [2.24, 2.45) is 5.92 Å². The van der Waals surface area contributed by atoms with Crippen LogP contribution < -0.4 is 4.74 Å². The average molecular weight is 334 g/mol. The molecular formula is C19H30N2O3. The van der Waals surface area contributed by atoms with Crippen LogP contribution in [0.1, 0.15) is 38.2 Å². The van der Waals surface area contributed by atoms with E-state index in [1.54, 1.807) is 13.3 Å². The number of piperidine rings is 1. The number of rotatable bonds is 7. The van der Waals surface area contributed by atoms with Crippen molar-refractivity contribution in [1.82, 2.24) is 9.88 Å². The average Bonchev–Trinajstić information content (AvgIpc) is 3.00. The van der Waals surface area contributed by atoms with Gasteiger partial charge in [0.15, 0.2) is 0 Å². The Morgan fingerprint density at radius 1 is 1.38 bits per heavy atom. The van der Waals surface area contributed by atoms with Gasteiger partial charge in [0.25, 0.3) is 0 Å². The van der Waals surface area contributed by atoms with Gasteiger partial charge in [-0.25, -0.2) is 4.98 Å². The van der Waals surface area contributed by atoms with Crippen molar-refractivity contribution in [2.45, 2.75) is 44.8 Å². The predicted octanol–water partition coefficient (Wildman–Crippen LogP) is 2.89. The van der Waals surface area contributed by atoms with Gasteiger partial charge >= 0.3 is 0 Å². The SMILES string of the molecule is CCOCC[C@H]1CCOC12CCN(Cc1cccnc1OC)CC2. The summed E-state index contributed by atoms with van der Waals surface area (Å²) in [7, 11) is 1.69. The van der Waals surface area contributed by atoms with E-state index in [0.717, 1.165) is 70.2 Å². The Bertz CT molecular complexity index is 515. The molecule has 24 heavy (non-hydrogen) atoms. The lowest BCUT2D eigenvalue weighted by Crippen LogP contribution is -2.47. The molecule has 3 heterocycles. The first-order valence-electron chi connectivity index (χ1n) is 9.19. The number of methoxy groups -OCH3 is 1. The van der Waals surface area contributed by atoms with Gasteiger partial charge in [-0.1, -0.05) is 6.07 Å². The van der Waals surface area contributed by atoms with Crippen molar-refractivity contribution in [2.75, 3.05) is 40.0 Å². The Hall–Kier alpha value is -1.17. The third-order valence-electron chi connectivity index (χ3n) is 5.55. The van der Waals surface area contributed by atoms with Crippen LogP contribution in [0.25, 0.3) is 0 Å². The lowest BCUT2D eigenvalue weighted by atomic mass is 9.78. The fourth-order valence-electron chi connectivity index (χ4n) is 4.17. The Balaban J connectivity index is 1.55. The minimum absolute atomic E-state index is 0.0899. The van der Waals surface area contributed by atoms with Crippen molar-refractivity contribution >= 4 is 0 Å². The van der Waals surface area contributed by atoms with Gasteiger partial charge in [0, 0.05) is 51.2 Å². The van der Waals surface area contributed by atoms with Gasteiger partial charge in [0.05, 0.1) is 12.7 Å². The van der Waals surface area contributed by atoms with E-state index >= 15 is 0 Å². The van der Waals surface area contributed by atoms with Crippen molar-refractivity contribution in [3.8, 4) is 5.88 Å². The van der Waals surface area contributed by atoms with Crippen molar-refractivity contribution < 1.29 is 14.2 Å². The molecule has 0 aromatic carbocycles. The van der Waals surface area contributed by atoms with Crippen molar-refractivity contribution in [3.63, 3.8) is 0 Å². The zero-order valence-electron chi connectivity index (χ0n) is 15.0. The monoisotopic (exact) mass is 334 g/mol. The van der Waals surface area contributed by atoms with E-state index < -0.39 is 0 Å². The second kappa shape index (κ2) is 8.28. The summed E-state index contributed by atoms with van der Waals surface area (Å²) in [4.78, 5) is 6.79. The second-order valence-electron chi connectivity index (χ2n) is 6.83. The largest absolute Gasteiger partial charge is 0.481 e. The van der Waals surface area contributed by atoms with Crippen LogP contribution in [0.4, 0.5) is 0 Å². The van der Waals surface area contributed by atoms with Crippen LogP contribution in [-0.2, 0) is 16.0 Å². The zero-order valence-corrected chi connectivity index (χ0v) is 15.0. The number of pyridine rings is 1. The van der Waals surface area contributed by atoms with Crippen LogP contribution >= 0.6 is 0 Å². The smallest absolute Gasteiger partial charge is 0.217 e. The summed E-state index contributed by atoms with van der Waals surface area (Å²) in [6, 6.07) is 4.08. The molecule has 0 saturated carbocycles. The van der Waals surface area contributed by atoms with Gasteiger partial charge < -0.3 is 14.2 Å². The highest BCUT2D eigenvalue weighted by atomic mass is 16.5. The summed E-state index contributed by atoms with van der Waals surface area (Å²) in [5.74, 6) is 1.39. The zero-order chi connectivity index (χ0) is 16.8. The molecule has 3 rings (SSSR count). The quantitative estimate of drug-likeness (QED) is 0.718. The number of aromatic nitrogens is 1. The van der Waals surface area contributed by atoms with E-state index in [4.69, 9.17) is 14.2 Å². The second-order valence-corrected chi connectivity index (χ2v) is 6.83. The highest BCUT2D eigenvalue weighted by Gasteiger charge is 2.45. The van der Waals surface area contributed by atoms with E-state index in [9.17, 15) is 0 Å². The Kier molecular flexibility index (Phi) is 6.09. The molecule has 5 nitrogen and oxygen atoms in total. The minimum Gasteiger partial charge on any atom is -0.481 e. The molecule has 0 unspecified atom stereocenters. The minimum atomic E-state index is 0.0899. The number of hydrogen-bond donors (Lipinski definition) is 0. The van der Waals surface area contributed by atoms with E-state index in [1.165, 1.54) is 6.42 Å². The van der Waals surface area contributed by atoms with E-state index in [1.807, 2.05) is 6.07 Å². The maximum Gasteiger partial charge on any atom is 0.217 e. The molecule has 1 spiro atoms. The van der Waals surface area contributed by atoms with Gasteiger partial charge in [-0.3, -0.25) is 4.90 Å². The van der Waals surface area contributed by atoms with Crippen LogP contribution in [0.15, 0.2) is 18.3 Å². The fraction of sp³-hybridized carbons (Fsp3) is 0.737. The summed E-state index contributed by atoms with van der Waals surface area (Å²) >= 11 is 0. The molecule has 0 radical (unpaired) electrons. The van der Waals surface area contributed by atoms with Crippen molar-refractivity contribution in [1.29, 1.82) is 0 Å². The summed E-state index contributed by atoms with van der Waals surface area (Å²) in [6.45, 7) is 7.69. The number of likely N-dealkylation sites (tertiary alicyclic amines) is 1. The molecule has 2 aliphatic rings. The highest BCUT2D eigenvalue weighted by molar-refractivity contribution is 5.25. The Morgan fingerprint density at radius 3 is 2.96 bits per heavy atom. The first-order chi connectivity index (χ1) is 11.8. The molecule has 0 aliphatic carbocycles. The molecule has 0 bridgehead atoms. The van der Waals surface area contributed by atoms with Crippen LogP contribution in [0, 0.1) is 5.92 Å². The summed E-state index contributed by atoms with van der Waals surface area (Å²) in [5, 5.41) is 0. The highest BCUT2D eigenvalue weighted by Crippen LogP contribution is 2.42. The summed E-state index contributed by atoms with van der Waals surface area (Å²) < 4.78 is 17.2. The molecule has 0 N–H and O–H groups in total. The number of nitrogens with zero attached hydrogens (tertiary/aromatic N) is 2. The lowest BCUT2D eigenvalue weighted by molar-refractivity contribution is -0.0728. The van der Waals surface area contributed by atoms with Gasteiger partial charge in [-0.2, -0.15) is 0 Å². The number of hydrogen-bond acceptors (Lipinski definition) is 5. The first kappa shape index (κ1) is 17.6. The third kappa shape index (κ3) is 3.90. The number of ether oxygens (including phenoxy) is 3. The molecule has 2 aliphatic heterocycles. The van der Waals surface area contributed by atoms with Crippen molar-refractivity contribution in [3.05, 3.63) is 23.9 Å². The molecule has 2 saturated heterocycles. The molecule has 1 aromatic heterocycles. The maximum atomic E-state index is 6.25. The molecule has 0 amide bonds.